The van der Waals surface area contributed by atoms with Crippen LogP contribution < -0.4 is 4.74 Å². The third-order valence-electron chi connectivity index (χ3n) is 5.36. The molecule has 0 aliphatic carbocycles. The normalized spacial score (nSPS) is 18.1. The molecule has 3 aromatic carbocycles. The van der Waals surface area contributed by atoms with E-state index in [1.54, 1.807) is 0 Å². The lowest BCUT2D eigenvalue weighted by molar-refractivity contribution is -0.0319. The standard InChI is InChI=1S/C27H31NO2S/c1-21(2)30-24-15-9-10-16-26(24)31-27(23-13-7-4-8-14-23)25-20-28(17-18-29-25)19-22-11-5-3-6-12-22/h3-16,21,25,27H,17-20H2,1-2H3/t25-,27?/m1/s1. The summed E-state index contributed by atoms with van der Waals surface area (Å²) in [6, 6.07) is 29.8. The number of thioether (sulfide) groups is 1. The van der Waals surface area contributed by atoms with Crippen molar-refractivity contribution in [2.45, 2.75) is 42.7 Å². The monoisotopic (exact) mass is 433 g/mol. The zero-order valence-electron chi connectivity index (χ0n) is 18.3. The van der Waals surface area contributed by atoms with Gasteiger partial charge in [-0.3, -0.25) is 4.90 Å². The molecule has 162 valence electrons. The summed E-state index contributed by atoms with van der Waals surface area (Å²) in [6.07, 6.45) is 0.251. The number of hydrogen-bond acceptors (Lipinski definition) is 4. The smallest absolute Gasteiger partial charge is 0.133 e. The van der Waals surface area contributed by atoms with Crippen LogP contribution in [0.25, 0.3) is 0 Å². The largest absolute Gasteiger partial charge is 0.490 e. The predicted octanol–water partition coefficient (Wildman–Crippen LogP) is 6.21. The van der Waals surface area contributed by atoms with Gasteiger partial charge in [0.2, 0.25) is 0 Å². The first-order chi connectivity index (χ1) is 15.2. The molecule has 0 N–H and O–H groups in total. The average Bonchev–Trinajstić information content (AvgIpc) is 2.79. The molecule has 0 aromatic heterocycles. The first-order valence-electron chi connectivity index (χ1n) is 11.0. The molecule has 1 saturated heterocycles. The summed E-state index contributed by atoms with van der Waals surface area (Å²) in [5.74, 6) is 0.945. The second-order valence-corrected chi connectivity index (χ2v) is 9.38. The Hall–Kier alpha value is -2.27. The topological polar surface area (TPSA) is 21.7 Å². The van der Waals surface area contributed by atoms with E-state index in [4.69, 9.17) is 9.47 Å². The van der Waals surface area contributed by atoms with E-state index in [0.717, 1.165) is 36.9 Å². The molecule has 1 aliphatic heterocycles. The van der Waals surface area contributed by atoms with Gasteiger partial charge in [-0.25, -0.2) is 0 Å². The van der Waals surface area contributed by atoms with Crippen molar-refractivity contribution in [2.24, 2.45) is 0 Å². The highest BCUT2D eigenvalue weighted by Gasteiger charge is 2.31. The van der Waals surface area contributed by atoms with Crippen LogP contribution in [0.2, 0.25) is 0 Å². The number of para-hydroxylation sites is 1. The van der Waals surface area contributed by atoms with Crippen LogP contribution in [0, 0.1) is 0 Å². The molecular weight excluding hydrogens is 402 g/mol. The van der Waals surface area contributed by atoms with Crippen LogP contribution in [0.1, 0.15) is 30.2 Å². The molecule has 0 radical (unpaired) electrons. The number of ether oxygens (including phenoxy) is 2. The highest BCUT2D eigenvalue weighted by molar-refractivity contribution is 7.99. The predicted molar refractivity (Wildman–Crippen MR) is 129 cm³/mol. The summed E-state index contributed by atoms with van der Waals surface area (Å²) >= 11 is 1.85. The molecular formula is C27H31NO2S. The summed E-state index contributed by atoms with van der Waals surface area (Å²) in [4.78, 5) is 3.67. The van der Waals surface area contributed by atoms with E-state index in [-0.39, 0.29) is 17.5 Å². The molecule has 0 bridgehead atoms. The van der Waals surface area contributed by atoms with Gasteiger partial charge in [-0.05, 0) is 37.1 Å². The van der Waals surface area contributed by atoms with E-state index in [9.17, 15) is 0 Å². The van der Waals surface area contributed by atoms with Crippen LogP contribution in [0.15, 0.2) is 89.8 Å². The van der Waals surface area contributed by atoms with E-state index in [1.165, 1.54) is 11.1 Å². The van der Waals surface area contributed by atoms with Crippen molar-refractivity contribution in [3.63, 3.8) is 0 Å². The number of rotatable bonds is 8. The number of benzene rings is 3. The average molecular weight is 434 g/mol. The Morgan fingerprint density at radius 1 is 0.935 bits per heavy atom. The Morgan fingerprint density at radius 3 is 2.35 bits per heavy atom. The lowest BCUT2D eigenvalue weighted by Gasteiger charge is -2.37. The SMILES string of the molecule is CC(C)Oc1ccccc1SC(c1ccccc1)[C@H]1CN(Cc2ccccc2)CCO1. The third kappa shape index (κ3) is 6.13. The van der Waals surface area contributed by atoms with E-state index >= 15 is 0 Å². The molecule has 31 heavy (non-hydrogen) atoms. The molecule has 0 spiro atoms. The maximum atomic E-state index is 6.35. The van der Waals surface area contributed by atoms with Crippen LogP contribution in [0.3, 0.4) is 0 Å². The highest BCUT2D eigenvalue weighted by atomic mass is 32.2. The first-order valence-corrected chi connectivity index (χ1v) is 11.9. The Morgan fingerprint density at radius 2 is 1.61 bits per heavy atom. The van der Waals surface area contributed by atoms with Crippen LogP contribution in [-0.4, -0.2) is 36.8 Å². The van der Waals surface area contributed by atoms with Gasteiger partial charge >= 0.3 is 0 Å². The van der Waals surface area contributed by atoms with Gasteiger partial charge in [-0.2, -0.15) is 0 Å². The van der Waals surface area contributed by atoms with Crippen LogP contribution in [-0.2, 0) is 11.3 Å². The minimum atomic E-state index is 0.108. The van der Waals surface area contributed by atoms with E-state index in [0.29, 0.717) is 0 Å². The minimum Gasteiger partial charge on any atom is -0.490 e. The van der Waals surface area contributed by atoms with Crippen molar-refractivity contribution in [2.75, 3.05) is 19.7 Å². The Bertz CT molecular complexity index is 932. The molecule has 1 heterocycles. The van der Waals surface area contributed by atoms with E-state index < -0.39 is 0 Å². The van der Waals surface area contributed by atoms with Crippen molar-refractivity contribution in [1.29, 1.82) is 0 Å². The molecule has 3 aromatic rings. The first kappa shape index (κ1) is 21.9. The van der Waals surface area contributed by atoms with E-state index in [2.05, 4.69) is 97.6 Å². The maximum Gasteiger partial charge on any atom is 0.133 e. The zero-order chi connectivity index (χ0) is 21.5. The van der Waals surface area contributed by atoms with Gasteiger partial charge in [0.15, 0.2) is 0 Å². The lowest BCUT2D eigenvalue weighted by Crippen LogP contribution is -2.44. The fourth-order valence-electron chi connectivity index (χ4n) is 3.94. The Balaban J connectivity index is 1.56. The molecule has 1 unspecified atom stereocenters. The summed E-state index contributed by atoms with van der Waals surface area (Å²) < 4.78 is 12.4. The molecule has 3 nitrogen and oxygen atoms in total. The quantitative estimate of drug-likeness (QED) is 0.394. The molecule has 4 heteroatoms. The lowest BCUT2D eigenvalue weighted by atomic mass is 10.1. The van der Waals surface area contributed by atoms with Crippen molar-refractivity contribution >= 4 is 11.8 Å². The van der Waals surface area contributed by atoms with Gasteiger partial charge in [-0.15, -0.1) is 11.8 Å². The summed E-state index contributed by atoms with van der Waals surface area (Å²) in [6.45, 7) is 7.73. The highest BCUT2D eigenvalue weighted by Crippen LogP contribution is 2.43. The van der Waals surface area contributed by atoms with Gasteiger partial charge in [0.25, 0.3) is 0 Å². The molecule has 4 rings (SSSR count). The van der Waals surface area contributed by atoms with Crippen molar-refractivity contribution in [1.82, 2.24) is 4.90 Å². The molecule has 0 saturated carbocycles. The van der Waals surface area contributed by atoms with Gasteiger partial charge in [-0.1, -0.05) is 72.8 Å². The van der Waals surface area contributed by atoms with Crippen LogP contribution in [0.4, 0.5) is 0 Å². The zero-order valence-corrected chi connectivity index (χ0v) is 19.1. The Labute approximate surface area is 190 Å². The van der Waals surface area contributed by atoms with Crippen molar-refractivity contribution in [3.8, 4) is 5.75 Å². The number of nitrogens with zero attached hydrogens (tertiary/aromatic N) is 1. The second-order valence-electron chi connectivity index (χ2n) is 8.19. The van der Waals surface area contributed by atoms with Gasteiger partial charge < -0.3 is 9.47 Å². The Kier molecular flexibility index (Phi) is 7.68. The van der Waals surface area contributed by atoms with Crippen molar-refractivity contribution < 1.29 is 9.47 Å². The fourth-order valence-corrected chi connectivity index (χ4v) is 5.21. The number of hydrogen-bond donors (Lipinski definition) is 0. The van der Waals surface area contributed by atoms with Crippen LogP contribution in [0.5, 0.6) is 5.75 Å². The molecule has 2 atom stereocenters. The number of morpholine rings is 1. The fraction of sp³-hybridized carbons (Fsp3) is 0.333. The summed E-state index contributed by atoms with van der Waals surface area (Å²) in [5.41, 5.74) is 2.64. The van der Waals surface area contributed by atoms with E-state index in [1.807, 2.05) is 17.8 Å². The minimum absolute atomic E-state index is 0.108. The molecule has 1 aliphatic rings. The van der Waals surface area contributed by atoms with Gasteiger partial charge in [0, 0.05) is 19.6 Å². The van der Waals surface area contributed by atoms with Crippen LogP contribution >= 0.6 is 11.8 Å². The summed E-state index contributed by atoms with van der Waals surface area (Å²) in [5, 5.41) is 0.191. The van der Waals surface area contributed by atoms with Gasteiger partial charge in [0.1, 0.15) is 5.75 Å². The second kappa shape index (κ2) is 10.9. The third-order valence-corrected chi connectivity index (χ3v) is 6.78. The summed E-state index contributed by atoms with van der Waals surface area (Å²) in [7, 11) is 0. The maximum absolute atomic E-state index is 6.35. The molecule has 1 fully saturated rings. The van der Waals surface area contributed by atoms with Gasteiger partial charge in [0.05, 0.1) is 29.0 Å². The van der Waals surface area contributed by atoms with Crippen molar-refractivity contribution in [3.05, 3.63) is 96.1 Å². The molecule has 0 amide bonds.